The van der Waals surface area contributed by atoms with E-state index < -0.39 is 5.91 Å². The van der Waals surface area contributed by atoms with Crippen LogP contribution in [0.5, 0.6) is 0 Å². The van der Waals surface area contributed by atoms with Gasteiger partial charge < -0.3 is 5.73 Å². The lowest BCUT2D eigenvalue weighted by molar-refractivity contribution is -0.140. The van der Waals surface area contributed by atoms with Crippen LogP contribution in [0.15, 0.2) is 0 Å². The molecule has 0 bridgehead atoms. The summed E-state index contributed by atoms with van der Waals surface area (Å²) in [7, 11) is 0. The SMILES string of the molecule is CCCCCC(CCCCC)C1CC(=O)N(CCC(N)=O)C1=O. The maximum Gasteiger partial charge on any atom is 0.233 e. The lowest BCUT2D eigenvalue weighted by atomic mass is 9.82. The molecule has 1 atom stereocenters. The van der Waals surface area contributed by atoms with Crippen LogP contribution in [-0.2, 0) is 14.4 Å². The van der Waals surface area contributed by atoms with Crippen molar-refractivity contribution in [2.24, 2.45) is 17.6 Å². The first-order valence-electron chi connectivity index (χ1n) is 9.13. The van der Waals surface area contributed by atoms with Gasteiger partial charge in [-0.25, -0.2) is 0 Å². The zero-order valence-electron chi connectivity index (χ0n) is 14.7. The molecule has 132 valence electrons. The zero-order chi connectivity index (χ0) is 17.2. The minimum absolute atomic E-state index is 0.0561. The van der Waals surface area contributed by atoms with Gasteiger partial charge in [0, 0.05) is 19.4 Å². The average Bonchev–Trinajstić information content (AvgIpc) is 2.78. The molecule has 1 rings (SSSR count). The van der Waals surface area contributed by atoms with Crippen LogP contribution in [0.3, 0.4) is 0 Å². The predicted octanol–water partition coefficient (Wildman–Crippen LogP) is 3.01. The number of rotatable bonds is 12. The molecule has 0 aromatic rings. The molecule has 1 unspecified atom stereocenters. The molecule has 5 heteroatoms. The molecular weight excluding hydrogens is 292 g/mol. The number of likely N-dealkylation sites (tertiary alicyclic amines) is 1. The molecule has 23 heavy (non-hydrogen) atoms. The van der Waals surface area contributed by atoms with E-state index in [1.807, 2.05) is 0 Å². The van der Waals surface area contributed by atoms with Crippen molar-refractivity contribution >= 4 is 17.7 Å². The molecule has 5 nitrogen and oxygen atoms in total. The first-order chi connectivity index (χ1) is 11.0. The maximum absolute atomic E-state index is 12.6. The summed E-state index contributed by atoms with van der Waals surface area (Å²) in [5.41, 5.74) is 5.13. The number of hydrogen-bond acceptors (Lipinski definition) is 3. The standard InChI is InChI=1S/C18H32N2O3/c1-3-5-7-9-14(10-8-6-4-2)15-13-17(22)20(18(15)23)12-11-16(19)21/h14-15H,3-13H2,1-2H3,(H2,19,21). The molecule has 1 saturated heterocycles. The number of imide groups is 1. The molecule has 1 fully saturated rings. The van der Waals surface area contributed by atoms with E-state index in [9.17, 15) is 14.4 Å². The molecule has 0 aliphatic carbocycles. The normalized spacial score (nSPS) is 18.2. The van der Waals surface area contributed by atoms with Crippen molar-refractivity contribution < 1.29 is 14.4 Å². The molecule has 0 saturated carbocycles. The zero-order valence-corrected chi connectivity index (χ0v) is 14.7. The summed E-state index contributed by atoms with van der Waals surface area (Å²) in [4.78, 5) is 36.9. The quantitative estimate of drug-likeness (QED) is 0.442. The van der Waals surface area contributed by atoms with Gasteiger partial charge in [0.05, 0.1) is 5.92 Å². The highest BCUT2D eigenvalue weighted by atomic mass is 16.2. The Morgan fingerprint density at radius 1 is 1.13 bits per heavy atom. The summed E-state index contributed by atoms with van der Waals surface area (Å²) in [5, 5.41) is 0. The highest BCUT2D eigenvalue weighted by Crippen LogP contribution is 2.33. The fourth-order valence-corrected chi connectivity index (χ4v) is 3.39. The Morgan fingerprint density at radius 2 is 1.70 bits per heavy atom. The number of carbonyl (C=O) groups is 3. The van der Waals surface area contributed by atoms with Crippen LogP contribution in [0.2, 0.25) is 0 Å². The smallest absolute Gasteiger partial charge is 0.233 e. The number of carbonyl (C=O) groups excluding carboxylic acids is 3. The molecule has 0 radical (unpaired) electrons. The van der Waals surface area contributed by atoms with E-state index >= 15 is 0 Å². The largest absolute Gasteiger partial charge is 0.370 e. The van der Waals surface area contributed by atoms with Crippen molar-refractivity contribution in [3.8, 4) is 0 Å². The van der Waals surface area contributed by atoms with Crippen molar-refractivity contribution in [3.05, 3.63) is 0 Å². The van der Waals surface area contributed by atoms with Crippen molar-refractivity contribution in [2.45, 2.75) is 78.1 Å². The van der Waals surface area contributed by atoms with Crippen LogP contribution in [0.25, 0.3) is 0 Å². The Labute approximate surface area is 140 Å². The Balaban J connectivity index is 2.66. The molecule has 1 heterocycles. The number of amides is 3. The predicted molar refractivity (Wildman–Crippen MR) is 90.4 cm³/mol. The fraction of sp³-hybridized carbons (Fsp3) is 0.833. The molecule has 0 aromatic heterocycles. The minimum Gasteiger partial charge on any atom is -0.370 e. The Hall–Kier alpha value is -1.39. The first-order valence-corrected chi connectivity index (χ1v) is 9.13. The molecular formula is C18H32N2O3. The third-order valence-corrected chi connectivity index (χ3v) is 4.79. The van der Waals surface area contributed by atoms with Crippen LogP contribution in [0, 0.1) is 11.8 Å². The topological polar surface area (TPSA) is 80.5 Å². The van der Waals surface area contributed by atoms with Gasteiger partial charge in [0.2, 0.25) is 17.7 Å². The molecule has 0 aromatic carbocycles. The van der Waals surface area contributed by atoms with Gasteiger partial charge >= 0.3 is 0 Å². The highest BCUT2D eigenvalue weighted by Gasteiger charge is 2.41. The van der Waals surface area contributed by atoms with Gasteiger partial charge in [-0.3, -0.25) is 19.3 Å². The monoisotopic (exact) mass is 324 g/mol. The minimum atomic E-state index is -0.475. The number of hydrogen-bond donors (Lipinski definition) is 1. The third kappa shape index (κ3) is 6.32. The summed E-state index contributed by atoms with van der Waals surface area (Å²) in [5.74, 6) is -0.602. The lowest BCUT2D eigenvalue weighted by Gasteiger charge is -2.22. The summed E-state index contributed by atoms with van der Waals surface area (Å²) in [6.07, 6.45) is 9.29. The number of nitrogens with zero attached hydrogens (tertiary/aromatic N) is 1. The Kier molecular flexibility index (Phi) is 8.89. The van der Waals surface area contributed by atoms with Gasteiger partial charge in [-0.15, -0.1) is 0 Å². The summed E-state index contributed by atoms with van der Waals surface area (Å²) in [6, 6.07) is 0. The van der Waals surface area contributed by atoms with Crippen LogP contribution >= 0.6 is 0 Å². The van der Waals surface area contributed by atoms with E-state index in [0.717, 1.165) is 38.5 Å². The maximum atomic E-state index is 12.6. The van der Waals surface area contributed by atoms with Gasteiger partial charge in [-0.2, -0.15) is 0 Å². The van der Waals surface area contributed by atoms with E-state index in [1.165, 1.54) is 17.7 Å². The lowest BCUT2D eigenvalue weighted by Crippen LogP contribution is -2.35. The summed E-state index contributed by atoms with van der Waals surface area (Å²) in [6.45, 7) is 4.48. The second-order valence-corrected chi connectivity index (χ2v) is 6.66. The van der Waals surface area contributed by atoms with Crippen LogP contribution in [0.4, 0.5) is 0 Å². The summed E-state index contributed by atoms with van der Waals surface area (Å²) < 4.78 is 0. The number of primary amides is 1. The van der Waals surface area contributed by atoms with E-state index in [-0.39, 0.29) is 30.7 Å². The average molecular weight is 324 g/mol. The van der Waals surface area contributed by atoms with E-state index in [1.54, 1.807) is 0 Å². The van der Waals surface area contributed by atoms with Crippen molar-refractivity contribution in [1.82, 2.24) is 4.90 Å². The highest BCUT2D eigenvalue weighted by molar-refractivity contribution is 6.03. The Bertz CT molecular complexity index is 399. The van der Waals surface area contributed by atoms with Crippen LogP contribution < -0.4 is 5.73 Å². The molecule has 2 N–H and O–H groups in total. The van der Waals surface area contributed by atoms with Crippen LogP contribution in [-0.4, -0.2) is 29.2 Å². The second-order valence-electron chi connectivity index (χ2n) is 6.66. The Morgan fingerprint density at radius 3 is 2.17 bits per heavy atom. The van der Waals surface area contributed by atoms with Gasteiger partial charge in [0.25, 0.3) is 0 Å². The molecule has 0 spiro atoms. The van der Waals surface area contributed by atoms with Gasteiger partial charge in [0.1, 0.15) is 0 Å². The van der Waals surface area contributed by atoms with Crippen molar-refractivity contribution in [1.29, 1.82) is 0 Å². The number of unbranched alkanes of at least 4 members (excludes halogenated alkanes) is 4. The third-order valence-electron chi connectivity index (χ3n) is 4.79. The molecule has 1 aliphatic rings. The van der Waals surface area contributed by atoms with Crippen molar-refractivity contribution in [3.63, 3.8) is 0 Å². The molecule has 1 aliphatic heterocycles. The van der Waals surface area contributed by atoms with E-state index in [2.05, 4.69) is 13.8 Å². The first kappa shape index (κ1) is 19.7. The number of nitrogens with two attached hydrogens (primary N) is 1. The second kappa shape index (κ2) is 10.4. The fourth-order valence-electron chi connectivity index (χ4n) is 3.39. The van der Waals surface area contributed by atoms with Gasteiger partial charge in [-0.1, -0.05) is 52.4 Å². The summed E-state index contributed by atoms with van der Waals surface area (Å²) >= 11 is 0. The van der Waals surface area contributed by atoms with Crippen molar-refractivity contribution in [2.75, 3.05) is 6.54 Å². The van der Waals surface area contributed by atoms with E-state index in [0.29, 0.717) is 12.3 Å². The van der Waals surface area contributed by atoms with Gasteiger partial charge in [-0.05, 0) is 18.8 Å². The van der Waals surface area contributed by atoms with Crippen LogP contribution in [0.1, 0.15) is 78.1 Å². The van der Waals surface area contributed by atoms with E-state index in [4.69, 9.17) is 5.73 Å². The molecule has 3 amide bonds. The van der Waals surface area contributed by atoms with Gasteiger partial charge in [0.15, 0.2) is 0 Å².